The van der Waals surface area contributed by atoms with Crippen LogP contribution in [0.15, 0.2) is 30.3 Å². The van der Waals surface area contributed by atoms with Crippen LogP contribution in [-0.2, 0) is 27.4 Å². The Morgan fingerprint density at radius 1 is 1.30 bits per heavy atom. The SMILES string of the molecule is CCn1nc(C)c(CNC(=O)[C@@H]2OCC(=O)N(C)[C@H]2c2ccccc2)c1C. The number of nitrogens with one attached hydrogen (secondary N) is 1. The molecule has 7 nitrogen and oxygen atoms in total. The fourth-order valence-electron chi connectivity index (χ4n) is 3.55. The molecule has 3 rings (SSSR count). The number of hydrogen-bond donors (Lipinski definition) is 1. The molecule has 1 aliphatic rings. The van der Waals surface area contributed by atoms with E-state index in [1.807, 2.05) is 55.8 Å². The van der Waals surface area contributed by atoms with Crippen molar-refractivity contribution >= 4 is 11.8 Å². The summed E-state index contributed by atoms with van der Waals surface area (Å²) < 4.78 is 7.56. The fourth-order valence-corrected chi connectivity index (χ4v) is 3.55. The highest BCUT2D eigenvalue weighted by Gasteiger charge is 2.39. The van der Waals surface area contributed by atoms with Gasteiger partial charge < -0.3 is 15.0 Å². The maximum Gasteiger partial charge on any atom is 0.251 e. The maximum absolute atomic E-state index is 12.9. The van der Waals surface area contributed by atoms with Crippen molar-refractivity contribution in [2.75, 3.05) is 13.7 Å². The quantitative estimate of drug-likeness (QED) is 0.870. The molecule has 27 heavy (non-hydrogen) atoms. The number of likely N-dealkylation sites (N-methyl/N-ethyl adjacent to an activating group) is 1. The Kier molecular flexibility index (Phi) is 5.60. The number of ether oxygens (including phenoxy) is 1. The van der Waals surface area contributed by atoms with Gasteiger partial charge in [0.05, 0.1) is 11.7 Å². The van der Waals surface area contributed by atoms with Crippen LogP contribution in [0.2, 0.25) is 0 Å². The Balaban J connectivity index is 1.78. The monoisotopic (exact) mass is 370 g/mol. The summed E-state index contributed by atoms with van der Waals surface area (Å²) in [6.45, 7) is 7.06. The van der Waals surface area contributed by atoms with Gasteiger partial charge in [-0.05, 0) is 26.3 Å². The van der Waals surface area contributed by atoms with E-state index in [2.05, 4.69) is 10.4 Å². The first-order chi connectivity index (χ1) is 12.9. The van der Waals surface area contributed by atoms with E-state index in [9.17, 15) is 9.59 Å². The van der Waals surface area contributed by atoms with E-state index in [4.69, 9.17) is 4.74 Å². The van der Waals surface area contributed by atoms with E-state index in [0.29, 0.717) is 6.54 Å². The van der Waals surface area contributed by atoms with Gasteiger partial charge >= 0.3 is 0 Å². The third kappa shape index (κ3) is 3.73. The standard InChI is InChI=1S/C20H26N4O3/c1-5-24-14(3)16(13(2)22-24)11-21-20(26)19-18(15-9-7-6-8-10-15)23(4)17(25)12-27-19/h6-10,18-19H,5,11-12H2,1-4H3,(H,21,26)/t18-,19+/m0/s1. The van der Waals surface area contributed by atoms with Crippen LogP contribution in [0.1, 0.15) is 35.5 Å². The van der Waals surface area contributed by atoms with Gasteiger partial charge in [0.1, 0.15) is 6.61 Å². The molecule has 0 unspecified atom stereocenters. The lowest BCUT2D eigenvalue weighted by Gasteiger charge is -2.38. The lowest BCUT2D eigenvalue weighted by Crippen LogP contribution is -2.52. The van der Waals surface area contributed by atoms with Gasteiger partial charge in [0, 0.05) is 31.4 Å². The first kappa shape index (κ1) is 19.1. The van der Waals surface area contributed by atoms with Gasteiger partial charge in [-0.15, -0.1) is 0 Å². The molecule has 0 radical (unpaired) electrons. The topological polar surface area (TPSA) is 76.5 Å². The second kappa shape index (κ2) is 7.92. The molecule has 2 aromatic rings. The second-order valence-corrected chi connectivity index (χ2v) is 6.77. The van der Waals surface area contributed by atoms with E-state index in [1.54, 1.807) is 11.9 Å². The lowest BCUT2D eigenvalue weighted by molar-refractivity contribution is -0.162. The van der Waals surface area contributed by atoms with Crippen LogP contribution in [-0.4, -0.2) is 46.3 Å². The largest absolute Gasteiger partial charge is 0.356 e. The Labute approximate surface area is 159 Å². The van der Waals surface area contributed by atoms with Crippen molar-refractivity contribution < 1.29 is 14.3 Å². The summed E-state index contributed by atoms with van der Waals surface area (Å²) in [5.74, 6) is -0.366. The zero-order chi connectivity index (χ0) is 19.6. The van der Waals surface area contributed by atoms with E-state index in [-0.39, 0.29) is 18.4 Å². The summed E-state index contributed by atoms with van der Waals surface area (Å²) in [5, 5.41) is 7.45. The molecule has 1 saturated heterocycles. The molecule has 2 amide bonds. The van der Waals surface area contributed by atoms with E-state index >= 15 is 0 Å². The van der Waals surface area contributed by atoms with Gasteiger partial charge in [0.25, 0.3) is 5.91 Å². The predicted octanol–water partition coefficient (Wildman–Crippen LogP) is 1.73. The van der Waals surface area contributed by atoms with Gasteiger partial charge in [-0.25, -0.2) is 0 Å². The molecular formula is C20H26N4O3. The Bertz CT molecular complexity index is 831. The number of carbonyl (C=O) groups is 2. The summed E-state index contributed by atoms with van der Waals surface area (Å²) in [6, 6.07) is 9.05. The average molecular weight is 370 g/mol. The van der Waals surface area contributed by atoms with Gasteiger partial charge in [-0.3, -0.25) is 14.3 Å². The van der Waals surface area contributed by atoms with Crippen molar-refractivity contribution in [3.63, 3.8) is 0 Å². The highest BCUT2D eigenvalue weighted by molar-refractivity contribution is 5.86. The molecular weight excluding hydrogens is 344 g/mol. The van der Waals surface area contributed by atoms with Crippen LogP contribution in [0.4, 0.5) is 0 Å². The van der Waals surface area contributed by atoms with E-state index in [0.717, 1.165) is 29.1 Å². The van der Waals surface area contributed by atoms with E-state index < -0.39 is 12.1 Å². The molecule has 0 saturated carbocycles. The number of morpholine rings is 1. The Hall–Kier alpha value is -2.67. The molecule has 1 aromatic carbocycles. The van der Waals surface area contributed by atoms with Crippen LogP contribution >= 0.6 is 0 Å². The number of aryl methyl sites for hydroxylation is 2. The summed E-state index contributed by atoms with van der Waals surface area (Å²) in [4.78, 5) is 26.6. The molecule has 2 heterocycles. The molecule has 1 aliphatic heterocycles. The van der Waals surface area contributed by atoms with Crippen LogP contribution in [0.5, 0.6) is 0 Å². The summed E-state index contributed by atoms with van der Waals surface area (Å²) in [5.41, 5.74) is 3.85. The number of aromatic nitrogens is 2. The number of nitrogens with zero attached hydrogens (tertiary/aromatic N) is 3. The van der Waals surface area contributed by atoms with Crippen molar-refractivity contribution in [1.29, 1.82) is 0 Å². The average Bonchev–Trinajstić information content (AvgIpc) is 2.95. The number of amides is 2. The Morgan fingerprint density at radius 2 is 2.00 bits per heavy atom. The van der Waals surface area contributed by atoms with Gasteiger partial charge in [0.15, 0.2) is 6.10 Å². The number of hydrogen-bond acceptors (Lipinski definition) is 4. The molecule has 1 aromatic heterocycles. The fraction of sp³-hybridized carbons (Fsp3) is 0.450. The van der Waals surface area contributed by atoms with Crippen LogP contribution < -0.4 is 5.32 Å². The molecule has 2 atom stereocenters. The zero-order valence-corrected chi connectivity index (χ0v) is 16.2. The summed E-state index contributed by atoms with van der Waals surface area (Å²) >= 11 is 0. The van der Waals surface area contributed by atoms with Crippen molar-refractivity contribution in [2.24, 2.45) is 0 Å². The molecule has 0 aliphatic carbocycles. The van der Waals surface area contributed by atoms with Gasteiger partial charge in [-0.1, -0.05) is 30.3 Å². The van der Waals surface area contributed by atoms with Crippen molar-refractivity contribution in [1.82, 2.24) is 20.0 Å². The highest BCUT2D eigenvalue weighted by atomic mass is 16.5. The van der Waals surface area contributed by atoms with Crippen molar-refractivity contribution in [2.45, 2.75) is 46.0 Å². The Morgan fingerprint density at radius 3 is 2.63 bits per heavy atom. The smallest absolute Gasteiger partial charge is 0.251 e. The molecule has 1 N–H and O–H groups in total. The number of rotatable bonds is 5. The molecule has 0 bridgehead atoms. The molecule has 0 spiro atoms. The summed E-state index contributed by atoms with van der Waals surface area (Å²) in [7, 11) is 1.71. The van der Waals surface area contributed by atoms with Crippen LogP contribution in [0.3, 0.4) is 0 Å². The number of benzene rings is 1. The summed E-state index contributed by atoms with van der Waals surface area (Å²) in [6.07, 6.45) is -0.753. The zero-order valence-electron chi connectivity index (χ0n) is 16.2. The minimum atomic E-state index is -0.753. The van der Waals surface area contributed by atoms with Crippen molar-refractivity contribution in [3.05, 3.63) is 52.8 Å². The van der Waals surface area contributed by atoms with E-state index in [1.165, 1.54) is 0 Å². The second-order valence-electron chi connectivity index (χ2n) is 6.77. The minimum absolute atomic E-state index is 0.0935. The minimum Gasteiger partial charge on any atom is -0.356 e. The van der Waals surface area contributed by atoms with Crippen LogP contribution in [0, 0.1) is 13.8 Å². The van der Waals surface area contributed by atoms with Gasteiger partial charge in [0.2, 0.25) is 5.91 Å². The number of carbonyl (C=O) groups excluding carboxylic acids is 2. The van der Waals surface area contributed by atoms with Gasteiger partial charge in [-0.2, -0.15) is 5.10 Å². The predicted molar refractivity (Wildman–Crippen MR) is 101 cm³/mol. The first-order valence-electron chi connectivity index (χ1n) is 9.16. The normalized spacial score (nSPS) is 20.0. The highest BCUT2D eigenvalue weighted by Crippen LogP contribution is 2.29. The molecule has 1 fully saturated rings. The maximum atomic E-state index is 12.9. The third-order valence-corrected chi connectivity index (χ3v) is 5.15. The van der Waals surface area contributed by atoms with Crippen LogP contribution in [0.25, 0.3) is 0 Å². The first-order valence-corrected chi connectivity index (χ1v) is 9.16. The lowest BCUT2D eigenvalue weighted by atomic mass is 9.97. The molecule has 7 heteroatoms. The van der Waals surface area contributed by atoms with Crippen molar-refractivity contribution in [3.8, 4) is 0 Å². The molecule has 144 valence electrons. The third-order valence-electron chi connectivity index (χ3n) is 5.15.